The number of phenols is 1. The van der Waals surface area contributed by atoms with E-state index >= 15 is 0 Å². The van der Waals surface area contributed by atoms with Crippen LogP contribution in [0.15, 0.2) is 24.3 Å². The van der Waals surface area contributed by atoms with Crippen LogP contribution in [-0.2, 0) is 9.59 Å². The number of rotatable bonds is 8. The molecule has 0 heterocycles. The molecule has 0 bridgehead atoms. The Bertz CT molecular complexity index is 450. The van der Waals surface area contributed by atoms with Crippen LogP contribution < -0.4 is 10.6 Å². The Morgan fingerprint density at radius 1 is 1.16 bits per heavy atom. The van der Waals surface area contributed by atoms with Crippen LogP contribution in [0.1, 0.15) is 11.6 Å². The monoisotopic (exact) mass is 268 g/mol. The van der Waals surface area contributed by atoms with Crippen molar-refractivity contribution in [1.29, 1.82) is 0 Å². The smallest absolute Gasteiger partial charge is 0.325 e. The second kappa shape index (κ2) is 7.34. The summed E-state index contributed by atoms with van der Waals surface area (Å²) in [6.07, 6.45) is 0. The molecule has 1 rings (SSSR count). The minimum absolute atomic E-state index is 0.0964. The first-order valence-electron chi connectivity index (χ1n) is 5.69. The molecular formula is C12H16N2O5. The number of aliphatic carboxylic acids is 2. The SMILES string of the molecule is O=C(O)CNCCNC(C(=O)O)c1ccccc1O. The number of phenolic OH excluding ortho intramolecular Hbond substituents is 1. The minimum atomic E-state index is -1.11. The Kier molecular flexibility index (Phi) is 5.77. The molecule has 7 heteroatoms. The van der Waals surface area contributed by atoms with Gasteiger partial charge in [0.05, 0.1) is 6.54 Å². The van der Waals surface area contributed by atoms with E-state index < -0.39 is 18.0 Å². The molecule has 1 aromatic carbocycles. The Balaban J connectivity index is 2.53. The Morgan fingerprint density at radius 2 is 1.84 bits per heavy atom. The van der Waals surface area contributed by atoms with Gasteiger partial charge in [0.25, 0.3) is 0 Å². The number of benzene rings is 1. The molecule has 1 atom stereocenters. The lowest BCUT2D eigenvalue weighted by Crippen LogP contribution is -2.35. The maximum Gasteiger partial charge on any atom is 0.325 e. The second-order valence-corrected chi connectivity index (χ2v) is 3.85. The highest BCUT2D eigenvalue weighted by Crippen LogP contribution is 2.23. The summed E-state index contributed by atoms with van der Waals surface area (Å²) >= 11 is 0. The molecule has 19 heavy (non-hydrogen) atoms. The molecule has 0 aromatic heterocycles. The lowest BCUT2D eigenvalue weighted by atomic mass is 10.1. The van der Waals surface area contributed by atoms with Gasteiger partial charge in [0.1, 0.15) is 11.8 Å². The van der Waals surface area contributed by atoms with Crippen molar-refractivity contribution in [3.05, 3.63) is 29.8 Å². The van der Waals surface area contributed by atoms with Gasteiger partial charge in [-0.15, -0.1) is 0 Å². The molecule has 0 aliphatic carbocycles. The first-order chi connectivity index (χ1) is 9.02. The normalized spacial score (nSPS) is 12.0. The number of para-hydroxylation sites is 1. The van der Waals surface area contributed by atoms with E-state index in [0.717, 1.165) is 0 Å². The third-order valence-electron chi connectivity index (χ3n) is 2.42. The van der Waals surface area contributed by atoms with Gasteiger partial charge < -0.3 is 20.6 Å². The zero-order chi connectivity index (χ0) is 14.3. The molecule has 1 aromatic rings. The molecule has 0 spiro atoms. The third-order valence-corrected chi connectivity index (χ3v) is 2.42. The van der Waals surface area contributed by atoms with Crippen molar-refractivity contribution < 1.29 is 24.9 Å². The third kappa shape index (κ3) is 4.94. The fourth-order valence-electron chi connectivity index (χ4n) is 1.56. The lowest BCUT2D eigenvalue weighted by molar-refractivity contribution is -0.140. The van der Waals surface area contributed by atoms with Gasteiger partial charge in [-0.3, -0.25) is 14.9 Å². The molecule has 0 saturated carbocycles. The van der Waals surface area contributed by atoms with Crippen LogP contribution in [0.2, 0.25) is 0 Å². The van der Waals surface area contributed by atoms with Gasteiger partial charge >= 0.3 is 11.9 Å². The molecule has 104 valence electrons. The number of hydrogen-bond donors (Lipinski definition) is 5. The largest absolute Gasteiger partial charge is 0.508 e. The lowest BCUT2D eigenvalue weighted by Gasteiger charge is -2.16. The molecular weight excluding hydrogens is 252 g/mol. The highest BCUT2D eigenvalue weighted by Gasteiger charge is 2.21. The van der Waals surface area contributed by atoms with Crippen molar-refractivity contribution in [2.75, 3.05) is 19.6 Å². The van der Waals surface area contributed by atoms with E-state index in [1.807, 2.05) is 0 Å². The molecule has 0 fully saturated rings. The van der Waals surface area contributed by atoms with Crippen molar-refractivity contribution in [1.82, 2.24) is 10.6 Å². The maximum absolute atomic E-state index is 11.1. The maximum atomic E-state index is 11.1. The second-order valence-electron chi connectivity index (χ2n) is 3.85. The van der Waals surface area contributed by atoms with E-state index in [-0.39, 0.29) is 24.4 Å². The quantitative estimate of drug-likeness (QED) is 0.413. The highest BCUT2D eigenvalue weighted by atomic mass is 16.4. The van der Waals surface area contributed by atoms with Crippen LogP contribution in [-0.4, -0.2) is 46.9 Å². The summed E-state index contributed by atoms with van der Waals surface area (Å²) in [5, 5.41) is 32.5. The fraction of sp³-hybridized carbons (Fsp3) is 0.333. The first kappa shape index (κ1) is 14.9. The molecule has 0 aliphatic rings. The van der Waals surface area contributed by atoms with Crippen molar-refractivity contribution in [2.24, 2.45) is 0 Å². The Labute approximate surface area is 109 Å². The number of hydrogen-bond acceptors (Lipinski definition) is 5. The van der Waals surface area contributed by atoms with Crippen molar-refractivity contribution in [2.45, 2.75) is 6.04 Å². The summed E-state index contributed by atoms with van der Waals surface area (Å²) < 4.78 is 0. The topological polar surface area (TPSA) is 119 Å². The van der Waals surface area contributed by atoms with Gasteiger partial charge in [-0.2, -0.15) is 0 Å². The van der Waals surface area contributed by atoms with Crippen LogP contribution >= 0.6 is 0 Å². The van der Waals surface area contributed by atoms with Gasteiger partial charge in [-0.25, -0.2) is 0 Å². The minimum Gasteiger partial charge on any atom is -0.508 e. The van der Waals surface area contributed by atoms with Gasteiger partial charge in [-0.05, 0) is 6.07 Å². The number of carboxylic acids is 2. The van der Waals surface area contributed by atoms with Gasteiger partial charge in [0.15, 0.2) is 0 Å². The Morgan fingerprint density at radius 3 is 2.42 bits per heavy atom. The van der Waals surface area contributed by atoms with Crippen molar-refractivity contribution in [3.63, 3.8) is 0 Å². The Hall–Kier alpha value is -2.12. The molecule has 7 nitrogen and oxygen atoms in total. The number of carbonyl (C=O) groups is 2. The van der Waals surface area contributed by atoms with E-state index in [9.17, 15) is 14.7 Å². The summed E-state index contributed by atoms with van der Waals surface area (Å²) in [6.45, 7) is 0.387. The average Bonchev–Trinajstić information content (AvgIpc) is 2.34. The van der Waals surface area contributed by atoms with Crippen LogP contribution in [0.5, 0.6) is 5.75 Å². The standard InChI is InChI=1S/C12H16N2O5/c15-9-4-2-1-3-8(9)11(12(18)19)14-6-5-13-7-10(16)17/h1-4,11,13-15H,5-7H2,(H,16,17)(H,18,19). The van der Waals surface area contributed by atoms with Crippen LogP contribution in [0, 0.1) is 0 Å². The van der Waals surface area contributed by atoms with E-state index in [0.29, 0.717) is 6.54 Å². The van der Waals surface area contributed by atoms with E-state index in [1.165, 1.54) is 12.1 Å². The zero-order valence-electron chi connectivity index (χ0n) is 10.2. The van der Waals surface area contributed by atoms with Crippen LogP contribution in [0.3, 0.4) is 0 Å². The zero-order valence-corrected chi connectivity index (χ0v) is 10.2. The number of carboxylic acid groups (broad SMARTS) is 2. The fourth-order valence-corrected chi connectivity index (χ4v) is 1.56. The summed E-state index contributed by atoms with van der Waals surface area (Å²) in [4.78, 5) is 21.4. The number of aromatic hydroxyl groups is 1. The predicted molar refractivity (Wildman–Crippen MR) is 67.0 cm³/mol. The molecule has 1 unspecified atom stereocenters. The summed E-state index contributed by atoms with van der Waals surface area (Å²) in [5.74, 6) is -2.18. The van der Waals surface area contributed by atoms with Crippen molar-refractivity contribution >= 4 is 11.9 Å². The first-order valence-corrected chi connectivity index (χ1v) is 5.69. The van der Waals surface area contributed by atoms with Gasteiger partial charge in [0, 0.05) is 18.7 Å². The van der Waals surface area contributed by atoms with Crippen LogP contribution in [0.25, 0.3) is 0 Å². The van der Waals surface area contributed by atoms with E-state index in [1.54, 1.807) is 12.1 Å². The molecule has 5 N–H and O–H groups in total. The van der Waals surface area contributed by atoms with Gasteiger partial charge in [0.2, 0.25) is 0 Å². The molecule has 0 aliphatic heterocycles. The summed E-state index contributed by atoms with van der Waals surface area (Å²) in [7, 11) is 0. The molecule has 0 saturated heterocycles. The average molecular weight is 268 g/mol. The van der Waals surface area contributed by atoms with Crippen LogP contribution in [0.4, 0.5) is 0 Å². The van der Waals surface area contributed by atoms with Crippen molar-refractivity contribution in [3.8, 4) is 5.75 Å². The van der Waals surface area contributed by atoms with E-state index in [4.69, 9.17) is 10.2 Å². The van der Waals surface area contributed by atoms with E-state index in [2.05, 4.69) is 10.6 Å². The summed E-state index contributed by atoms with van der Waals surface area (Å²) in [5.41, 5.74) is 0.272. The molecule has 0 amide bonds. The summed E-state index contributed by atoms with van der Waals surface area (Å²) in [6, 6.07) is 5.14. The number of nitrogens with one attached hydrogen (secondary N) is 2. The highest BCUT2D eigenvalue weighted by molar-refractivity contribution is 5.76. The van der Waals surface area contributed by atoms with Gasteiger partial charge in [-0.1, -0.05) is 18.2 Å². The molecule has 0 radical (unpaired) electrons. The predicted octanol–water partition coefficient (Wildman–Crippen LogP) is -0.218.